The molecule has 3 rings (SSSR count). The molecule has 1 aliphatic rings. The number of thiazole rings is 1. The molecule has 0 saturated heterocycles. The van der Waals surface area contributed by atoms with E-state index in [1.807, 2.05) is 23.9 Å². The van der Waals surface area contributed by atoms with Gasteiger partial charge in [0.1, 0.15) is 5.69 Å². The first kappa shape index (κ1) is 13.6. The summed E-state index contributed by atoms with van der Waals surface area (Å²) in [6.07, 6.45) is 5.42. The predicted molar refractivity (Wildman–Crippen MR) is 84.8 cm³/mol. The van der Waals surface area contributed by atoms with Gasteiger partial charge in [-0.1, -0.05) is 0 Å². The number of nitro groups is 1. The minimum absolute atomic E-state index is 0.108. The van der Waals surface area contributed by atoms with Crippen LogP contribution in [0.15, 0.2) is 17.6 Å². The Labute approximate surface area is 124 Å². The number of hydrogen-bond donors (Lipinski definition) is 1. The first-order valence-electron chi connectivity index (χ1n) is 6.49. The zero-order valence-electron chi connectivity index (χ0n) is 11.0. The Morgan fingerprint density at radius 1 is 1.50 bits per heavy atom. The van der Waals surface area contributed by atoms with Gasteiger partial charge < -0.3 is 5.32 Å². The van der Waals surface area contributed by atoms with E-state index in [-0.39, 0.29) is 10.6 Å². The summed E-state index contributed by atoms with van der Waals surface area (Å²) in [5, 5.41) is 15.4. The lowest BCUT2D eigenvalue weighted by Gasteiger charge is -2.14. The molecule has 1 aromatic heterocycles. The van der Waals surface area contributed by atoms with Crippen LogP contribution in [0.1, 0.15) is 19.3 Å². The number of hydrogen-bond acceptors (Lipinski definition) is 6. The average molecular weight is 309 g/mol. The number of aromatic nitrogens is 1. The Balaban J connectivity index is 1.91. The first-order valence-corrected chi connectivity index (χ1v) is 8.65. The largest absolute Gasteiger partial charge is 0.377 e. The lowest BCUT2D eigenvalue weighted by molar-refractivity contribution is -0.382. The topological polar surface area (TPSA) is 68.1 Å². The molecule has 106 valence electrons. The Hall–Kier alpha value is -1.34. The number of thioether (sulfide) groups is 1. The van der Waals surface area contributed by atoms with Crippen molar-refractivity contribution in [2.24, 2.45) is 0 Å². The van der Waals surface area contributed by atoms with E-state index in [0.717, 1.165) is 17.5 Å². The third-order valence-corrected chi connectivity index (χ3v) is 5.62. The van der Waals surface area contributed by atoms with Crippen LogP contribution in [0, 0.1) is 10.1 Å². The van der Waals surface area contributed by atoms with Crippen molar-refractivity contribution in [2.75, 3.05) is 11.6 Å². The zero-order chi connectivity index (χ0) is 14.1. The van der Waals surface area contributed by atoms with E-state index in [1.165, 1.54) is 17.8 Å². The lowest BCUT2D eigenvalue weighted by Crippen LogP contribution is -2.16. The van der Waals surface area contributed by atoms with Gasteiger partial charge in [-0.2, -0.15) is 11.8 Å². The van der Waals surface area contributed by atoms with Gasteiger partial charge in [0.25, 0.3) is 0 Å². The SMILES string of the molecule is CSC1CCC(Nc2ccc3scnc3c2[N+](=O)[O-])C1. The van der Waals surface area contributed by atoms with E-state index in [4.69, 9.17) is 0 Å². The van der Waals surface area contributed by atoms with Crippen molar-refractivity contribution >= 4 is 44.7 Å². The van der Waals surface area contributed by atoms with E-state index in [2.05, 4.69) is 16.6 Å². The minimum Gasteiger partial charge on any atom is -0.377 e. The number of nitrogens with zero attached hydrogens (tertiary/aromatic N) is 2. The molecule has 2 unspecified atom stereocenters. The maximum Gasteiger partial charge on any atom is 0.319 e. The van der Waals surface area contributed by atoms with Gasteiger partial charge in [-0.05, 0) is 37.7 Å². The molecular formula is C13H15N3O2S2. The van der Waals surface area contributed by atoms with Gasteiger partial charge in [-0.25, -0.2) is 4.98 Å². The first-order chi connectivity index (χ1) is 9.69. The average Bonchev–Trinajstić information content (AvgIpc) is 3.06. The molecule has 0 aliphatic heterocycles. The molecule has 2 aromatic rings. The van der Waals surface area contributed by atoms with Crippen LogP contribution in [-0.2, 0) is 0 Å². The lowest BCUT2D eigenvalue weighted by atomic mass is 10.2. The highest BCUT2D eigenvalue weighted by atomic mass is 32.2. The Kier molecular flexibility index (Phi) is 3.80. The zero-order valence-corrected chi connectivity index (χ0v) is 12.7. The molecule has 0 radical (unpaired) electrons. The summed E-state index contributed by atoms with van der Waals surface area (Å²) in [5.41, 5.74) is 2.85. The van der Waals surface area contributed by atoms with Gasteiger partial charge >= 0.3 is 5.69 Å². The number of nitrogens with one attached hydrogen (secondary N) is 1. The highest BCUT2D eigenvalue weighted by Gasteiger charge is 2.27. The van der Waals surface area contributed by atoms with Crippen molar-refractivity contribution in [1.29, 1.82) is 0 Å². The van der Waals surface area contributed by atoms with Crippen LogP contribution in [0.3, 0.4) is 0 Å². The second kappa shape index (κ2) is 5.57. The van der Waals surface area contributed by atoms with Crippen LogP contribution in [0.2, 0.25) is 0 Å². The second-order valence-electron chi connectivity index (χ2n) is 4.93. The number of fused-ring (bicyclic) bond motifs is 1. The fourth-order valence-corrected chi connectivity index (χ4v) is 4.20. The van der Waals surface area contributed by atoms with Gasteiger partial charge in [0.05, 0.1) is 15.1 Å². The fourth-order valence-electron chi connectivity index (χ4n) is 2.72. The third kappa shape index (κ3) is 2.47. The molecule has 2 atom stereocenters. The summed E-state index contributed by atoms with van der Waals surface area (Å²) < 4.78 is 0.857. The minimum atomic E-state index is -0.328. The molecule has 1 N–H and O–H groups in total. The number of nitro benzene ring substituents is 1. The van der Waals surface area contributed by atoms with E-state index in [9.17, 15) is 10.1 Å². The van der Waals surface area contributed by atoms with Crippen LogP contribution in [0.25, 0.3) is 10.2 Å². The molecule has 1 saturated carbocycles. The quantitative estimate of drug-likeness (QED) is 0.685. The Bertz CT molecular complexity index is 644. The van der Waals surface area contributed by atoms with Crippen LogP contribution in [0.5, 0.6) is 0 Å². The molecule has 1 heterocycles. The standard InChI is InChI=1S/C13H15N3O2S2/c1-19-9-3-2-8(6-9)15-10-4-5-11-12(14-7-20-11)13(10)16(17)18/h4-5,7-9,15H,2-3,6H2,1H3. The van der Waals surface area contributed by atoms with Gasteiger partial charge in [-0.15, -0.1) is 11.3 Å². The number of anilines is 1. The van der Waals surface area contributed by atoms with E-state index < -0.39 is 0 Å². The van der Waals surface area contributed by atoms with Crippen LogP contribution >= 0.6 is 23.1 Å². The monoisotopic (exact) mass is 309 g/mol. The van der Waals surface area contributed by atoms with Crippen LogP contribution < -0.4 is 5.32 Å². The summed E-state index contributed by atoms with van der Waals surface area (Å²) in [5.74, 6) is 0. The molecule has 0 bridgehead atoms. The summed E-state index contributed by atoms with van der Waals surface area (Å²) in [4.78, 5) is 15.2. The van der Waals surface area contributed by atoms with Gasteiger partial charge in [0.2, 0.25) is 0 Å². The summed E-state index contributed by atoms with van der Waals surface area (Å²) in [7, 11) is 0. The Morgan fingerprint density at radius 2 is 2.35 bits per heavy atom. The second-order valence-corrected chi connectivity index (χ2v) is 6.95. The van der Waals surface area contributed by atoms with Crippen LogP contribution in [-0.4, -0.2) is 27.5 Å². The van der Waals surface area contributed by atoms with Gasteiger partial charge in [0, 0.05) is 11.3 Å². The predicted octanol–water partition coefficient (Wildman–Crippen LogP) is 3.90. The van der Waals surface area contributed by atoms with Crippen molar-refractivity contribution < 1.29 is 4.92 Å². The summed E-state index contributed by atoms with van der Waals surface area (Å²) >= 11 is 3.30. The van der Waals surface area contributed by atoms with Crippen molar-refractivity contribution in [3.63, 3.8) is 0 Å². The highest BCUT2D eigenvalue weighted by Crippen LogP contribution is 2.37. The molecule has 20 heavy (non-hydrogen) atoms. The normalized spacial score (nSPS) is 22.2. The molecule has 1 aliphatic carbocycles. The van der Waals surface area contributed by atoms with E-state index in [0.29, 0.717) is 22.5 Å². The molecule has 1 aromatic carbocycles. The van der Waals surface area contributed by atoms with E-state index >= 15 is 0 Å². The van der Waals surface area contributed by atoms with Crippen LogP contribution in [0.4, 0.5) is 11.4 Å². The smallest absolute Gasteiger partial charge is 0.319 e. The fraction of sp³-hybridized carbons (Fsp3) is 0.462. The molecular weight excluding hydrogens is 294 g/mol. The molecule has 0 spiro atoms. The molecule has 0 amide bonds. The summed E-state index contributed by atoms with van der Waals surface area (Å²) in [6, 6.07) is 4.04. The highest BCUT2D eigenvalue weighted by molar-refractivity contribution is 7.99. The van der Waals surface area contributed by atoms with Crippen molar-refractivity contribution in [3.05, 3.63) is 27.8 Å². The molecule has 5 nitrogen and oxygen atoms in total. The van der Waals surface area contributed by atoms with Crippen molar-refractivity contribution in [3.8, 4) is 0 Å². The maximum absolute atomic E-state index is 11.4. The third-order valence-electron chi connectivity index (χ3n) is 3.74. The number of rotatable bonds is 4. The summed E-state index contributed by atoms with van der Waals surface area (Å²) in [6.45, 7) is 0. The Morgan fingerprint density at radius 3 is 3.05 bits per heavy atom. The van der Waals surface area contributed by atoms with E-state index in [1.54, 1.807) is 5.51 Å². The van der Waals surface area contributed by atoms with Gasteiger partial charge in [0.15, 0.2) is 5.52 Å². The molecule has 1 fully saturated rings. The number of benzene rings is 1. The van der Waals surface area contributed by atoms with Crippen molar-refractivity contribution in [1.82, 2.24) is 4.98 Å². The van der Waals surface area contributed by atoms with Gasteiger partial charge in [-0.3, -0.25) is 10.1 Å². The molecule has 7 heteroatoms. The maximum atomic E-state index is 11.4. The van der Waals surface area contributed by atoms with Crippen molar-refractivity contribution in [2.45, 2.75) is 30.6 Å².